The Morgan fingerprint density at radius 2 is 1.89 bits per heavy atom. The fraction of sp³-hybridized carbons (Fsp3) is 0.533. The van der Waals surface area contributed by atoms with Crippen molar-refractivity contribution in [3.63, 3.8) is 0 Å². The molecular weight excluding hydrogens is 243 g/mol. The lowest BCUT2D eigenvalue weighted by Crippen LogP contribution is -2.13. The number of benzene rings is 1. The van der Waals surface area contributed by atoms with E-state index in [1.54, 1.807) is 6.07 Å². The van der Waals surface area contributed by atoms with Gasteiger partial charge < -0.3 is 11.1 Å². The van der Waals surface area contributed by atoms with Gasteiger partial charge in [-0.2, -0.15) is 0 Å². The summed E-state index contributed by atoms with van der Waals surface area (Å²) >= 11 is 0. The molecule has 0 aliphatic carbocycles. The zero-order valence-corrected chi connectivity index (χ0v) is 11.5. The van der Waals surface area contributed by atoms with E-state index >= 15 is 0 Å². The van der Waals surface area contributed by atoms with Crippen molar-refractivity contribution >= 4 is 11.6 Å². The topological polar surface area (TPSA) is 55.1 Å². The van der Waals surface area contributed by atoms with Gasteiger partial charge in [0.2, 0.25) is 0 Å². The van der Waals surface area contributed by atoms with Crippen molar-refractivity contribution in [1.82, 2.24) is 0 Å². The van der Waals surface area contributed by atoms with Crippen molar-refractivity contribution in [3.8, 4) is 0 Å². The molecule has 0 heterocycles. The standard InChI is InChI=1S/C15H23FN2O/c1-2-3-4-5-6-7-10-18-12-8-9-14(16)13(11-12)15(17)19/h8-9,11,18H,2-7,10H2,1H3,(H2,17,19). The summed E-state index contributed by atoms with van der Waals surface area (Å²) in [4.78, 5) is 11.0. The first kappa shape index (κ1) is 15.5. The number of hydrogen-bond donors (Lipinski definition) is 2. The summed E-state index contributed by atoms with van der Waals surface area (Å²) in [5.74, 6) is -1.31. The number of unbranched alkanes of at least 4 members (excludes halogenated alkanes) is 5. The van der Waals surface area contributed by atoms with Gasteiger partial charge in [0.1, 0.15) is 5.82 Å². The molecule has 0 bridgehead atoms. The van der Waals surface area contributed by atoms with Crippen LogP contribution in [0, 0.1) is 5.82 Å². The third kappa shape index (κ3) is 5.73. The minimum absolute atomic E-state index is 0.0621. The minimum atomic E-state index is -0.735. The largest absolute Gasteiger partial charge is 0.385 e. The van der Waals surface area contributed by atoms with Gasteiger partial charge in [-0.3, -0.25) is 4.79 Å². The van der Waals surface area contributed by atoms with Crippen molar-refractivity contribution in [2.75, 3.05) is 11.9 Å². The molecule has 1 rings (SSSR count). The maximum Gasteiger partial charge on any atom is 0.251 e. The van der Waals surface area contributed by atoms with Gasteiger partial charge in [-0.15, -0.1) is 0 Å². The number of amides is 1. The molecule has 0 fully saturated rings. The summed E-state index contributed by atoms with van der Waals surface area (Å²) in [7, 11) is 0. The number of anilines is 1. The maximum absolute atomic E-state index is 13.3. The van der Waals surface area contributed by atoms with E-state index in [0.717, 1.165) is 18.7 Å². The molecule has 0 aromatic heterocycles. The second kappa shape index (κ2) is 8.51. The summed E-state index contributed by atoms with van der Waals surface area (Å²) in [6, 6.07) is 4.36. The van der Waals surface area contributed by atoms with Crippen molar-refractivity contribution in [1.29, 1.82) is 0 Å². The van der Waals surface area contributed by atoms with Gasteiger partial charge in [-0.1, -0.05) is 39.0 Å². The van der Waals surface area contributed by atoms with E-state index in [2.05, 4.69) is 12.2 Å². The average Bonchev–Trinajstić information content (AvgIpc) is 2.39. The van der Waals surface area contributed by atoms with Crippen LogP contribution in [0.3, 0.4) is 0 Å². The van der Waals surface area contributed by atoms with E-state index < -0.39 is 11.7 Å². The zero-order chi connectivity index (χ0) is 14.1. The van der Waals surface area contributed by atoms with Crippen LogP contribution >= 0.6 is 0 Å². The zero-order valence-electron chi connectivity index (χ0n) is 11.5. The Balaban J connectivity index is 2.30. The molecule has 0 radical (unpaired) electrons. The predicted octanol–water partition coefficient (Wildman–Crippen LogP) is 3.70. The van der Waals surface area contributed by atoms with Gasteiger partial charge in [0.05, 0.1) is 5.56 Å². The predicted molar refractivity (Wildman–Crippen MR) is 76.8 cm³/mol. The van der Waals surface area contributed by atoms with Gasteiger partial charge in [0.25, 0.3) is 5.91 Å². The smallest absolute Gasteiger partial charge is 0.251 e. The van der Waals surface area contributed by atoms with Crippen LogP contribution in [0.5, 0.6) is 0 Å². The Labute approximate surface area is 114 Å². The van der Waals surface area contributed by atoms with Crippen molar-refractivity contribution in [3.05, 3.63) is 29.6 Å². The molecule has 3 N–H and O–H groups in total. The van der Waals surface area contributed by atoms with Crippen molar-refractivity contribution < 1.29 is 9.18 Å². The molecule has 0 aliphatic heterocycles. The Hall–Kier alpha value is -1.58. The number of halogens is 1. The first-order valence-electron chi connectivity index (χ1n) is 6.98. The van der Waals surface area contributed by atoms with E-state index in [1.807, 2.05) is 0 Å². The summed E-state index contributed by atoms with van der Waals surface area (Å²) in [6.07, 6.45) is 7.37. The lowest BCUT2D eigenvalue weighted by atomic mass is 10.1. The molecule has 1 amide bonds. The molecule has 0 spiro atoms. The van der Waals surface area contributed by atoms with Crippen LogP contribution in [0.25, 0.3) is 0 Å². The van der Waals surface area contributed by atoms with Gasteiger partial charge in [0.15, 0.2) is 0 Å². The lowest BCUT2D eigenvalue weighted by Gasteiger charge is -2.08. The van der Waals surface area contributed by atoms with E-state index in [9.17, 15) is 9.18 Å². The SMILES string of the molecule is CCCCCCCCNc1ccc(F)c(C(N)=O)c1. The van der Waals surface area contributed by atoms with Crippen molar-refractivity contribution in [2.24, 2.45) is 5.73 Å². The molecule has 1 aromatic rings. The van der Waals surface area contributed by atoms with Gasteiger partial charge in [0, 0.05) is 12.2 Å². The molecule has 3 nitrogen and oxygen atoms in total. The van der Waals surface area contributed by atoms with Gasteiger partial charge in [-0.05, 0) is 24.6 Å². The molecule has 0 saturated heterocycles. The highest BCUT2D eigenvalue weighted by Gasteiger charge is 2.08. The maximum atomic E-state index is 13.3. The third-order valence-electron chi connectivity index (χ3n) is 3.09. The quantitative estimate of drug-likeness (QED) is 0.670. The third-order valence-corrected chi connectivity index (χ3v) is 3.09. The molecule has 19 heavy (non-hydrogen) atoms. The summed E-state index contributed by atoms with van der Waals surface area (Å²) in [5, 5.41) is 3.18. The van der Waals surface area contributed by atoms with Crippen LogP contribution in [0.15, 0.2) is 18.2 Å². The van der Waals surface area contributed by atoms with Crippen LogP contribution in [-0.2, 0) is 0 Å². The Kier molecular flexibility index (Phi) is 6.93. The van der Waals surface area contributed by atoms with Gasteiger partial charge in [-0.25, -0.2) is 4.39 Å². The fourth-order valence-corrected chi connectivity index (χ4v) is 1.96. The Morgan fingerprint density at radius 1 is 1.21 bits per heavy atom. The minimum Gasteiger partial charge on any atom is -0.385 e. The van der Waals surface area contributed by atoms with E-state index in [0.29, 0.717) is 0 Å². The number of nitrogens with two attached hydrogens (primary N) is 1. The molecule has 0 saturated carbocycles. The van der Waals surface area contributed by atoms with Crippen LogP contribution in [0.2, 0.25) is 0 Å². The normalized spacial score (nSPS) is 10.4. The van der Waals surface area contributed by atoms with E-state index in [-0.39, 0.29) is 5.56 Å². The number of primary amides is 1. The second-order valence-electron chi connectivity index (χ2n) is 4.75. The molecule has 0 aliphatic rings. The van der Waals surface area contributed by atoms with E-state index in [1.165, 1.54) is 44.2 Å². The molecule has 4 heteroatoms. The number of carbonyl (C=O) groups is 1. The molecule has 0 atom stereocenters. The number of rotatable bonds is 9. The van der Waals surface area contributed by atoms with Crippen molar-refractivity contribution in [2.45, 2.75) is 45.4 Å². The first-order valence-corrected chi connectivity index (χ1v) is 6.98. The highest BCUT2D eigenvalue weighted by Crippen LogP contribution is 2.14. The summed E-state index contributed by atoms with van der Waals surface area (Å²) < 4.78 is 13.3. The lowest BCUT2D eigenvalue weighted by molar-refractivity contribution is 0.0996. The first-order chi connectivity index (χ1) is 9.15. The van der Waals surface area contributed by atoms with Gasteiger partial charge >= 0.3 is 0 Å². The highest BCUT2D eigenvalue weighted by atomic mass is 19.1. The summed E-state index contributed by atoms with van der Waals surface area (Å²) in [6.45, 7) is 3.03. The molecule has 106 valence electrons. The van der Waals surface area contributed by atoms with Crippen LogP contribution in [0.1, 0.15) is 55.8 Å². The Bertz CT molecular complexity index is 407. The average molecular weight is 266 g/mol. The monoisotopic (exact) mass is 266 g/mol. The van der Waals surface area contributed by atoms with E-state index in [4.69, 9.17) is 5.73 Å². The molecule has 1 aromatic carbocycles. The number of hydrogen-bond acceptors (Lipinski definition) is 2. The molecular formula is C15H23FN2O. The summed E-state index contributed by atoms with van der Waals surface area (Å²) in [5.41, 5.74) is 5.78. The highest BCUT2D eigenvalue weighted by molar-refractivity contribution is 5.94. The number of nitrogens with one attached hydrogen (secondary N) is 1. The van der Waals surface area contributed by atoms with Crippen LogP contribution in [0.4, 0.5) is 10.1 Å². The molecule has 0 unspecified atom stereocenters. The van der Waals surface area contributed by atoms with Crippen LogP contribution in [-0.4, -0.2) is 12.5 Å². The fourth-order valence-electron chi connectivity index (χ4n) is 1.96. The number of carbonyl (C=O) groups excluding carboxylic acids is 1. The Morgan fingerprint density at radius 3 is 2.58 bits per heavy atom. The van der Waals surface area contributed by atoms with Crippen LogP contribution < -0.4 is 11.1 Å². The second-order valence-corrected chi connectivity index (χ2v) is 4.75.